The largest absolute Gasteiger partial charge is 0.0753 e. The first-order chi connectivity index (χ1) is 6.08. The fraction of sp³-hybridized carbons (Fsp3) is 1.00. The Balaban J connectivity index is 2.73. The minimum absolute atomic E-state index is 0.151. The number of hydrogen-bond acceptors (Lipinski definition) is 0. The van der Waals surface area contributed by atoms with Gasteiger partial charge in [0.05, 0.1) is 7.85 Å². The second-order valence-corrected chi connectivity index (χ2v) is 5.03. The quantitative estimate of drug-likeness (QED) is 0.568. The molecule has 0 aromatic rings. The number of hydrogen-bond donors (Lipinski definition) is 0. The van der Waals surface area contributed by atoms with Gasteiger partial charge in [-0.3, -0.25) is 0 Å². The van der Waals surface area contributed by atoms with Gasteiger partial charge in [0.15, 0.2) is 0 Å². The molecular formula is C12H23B. The SMILES string of the molecule is [B]C1(C(C)(CC)CCC)CCCC1. The second-order valence-electron chi connectivity index (χ2n) is 5.03. The molecular weight excluding hydrogens is 155 g/mol. The molecule has 1 aliphatic rings. The van der Waals surface area contributed by atoms with Crippen molar-refractivity contribution in [2.45, 2.75) is 71.0 Å². The normalized spacial score (nSPS) is 25.8. The minimum Gasteiger partial charge on any atom is -0.0654 e. The summed E-state index contributed by atoms with van der Waals surface area (Å²) in [5.74, 6) is 0. The van der Waals surface area contributed by atoms with Gasteiger partial charge in [0.1, 0.15) is 0 Å². The molecule has 0 saturated heterocycles. The molecule has 0 bridgehead atoms. The molecule has 1 fully saturated rings. The third-order valence-electron chi connectivity index (χ3n) is 4.28. The molecule has 0 spiro atoms. The van der Waals surface area contributed by atoms with Gasteiger partial charge in [-0.1, -0.05) is 64.6 Å². The topological polar surface area (TPSA) is 0 Å². The van der Waals surface area contributed by atoms with E-state index in [1.54, 1.807) is 0 Å². The summed E-state index contributed by atoms with van der Waals surface area (Å²) in [4.78, 5) is 0. The van der Waals surface area contributed by atoms with Crippen molar-refractivity contribution in [3.05, 3.63) is 0 Å². The standard InChI is InChI=1S/C12H23B/c1-4-8-11(3,5-2)12(13)9-6-7-10-12/h4-10H2,1-3H3. The van der Waals surface area contributed by atoms with Gasteiger partial charge in [-0.15, -0.1) is 0 Å². The molecule has 1 atom stereocenters. The van der Waals surface area contributed by atoms with Crippen molar-refractivity contribution >= 4 is 7.85 Å². The van der Waals surface area contributed by atoms with Gasteiger partial charge in [-0.05, 0) is 11.8 Å². The van der Waals surface area contributed by atoms with E-state index in [1.165, 1.54) is 44.9 Å². The molecule has 0 amide bonds. The molecule has 0 aliphatic heterocycles. The van der Waals surface area contributed by atoms with Crippen LogP contribution < -0.4 is 0 Å². The van der Waals surface area contributed by atoms with E-state index in [2.05, 4.69) is 20.8 Å². The average Bonchev–Trinajstić information content (AvgIpc) is 2.54. The van der Waals surface area contributed by atoms with Crippen LogP contribution in [0.15, 0.2) is 0 Å². The molecule has 2 radical (unpaired) electrons. The van der Waals surface area contributed by atoms with Crippen LogP contribution in [0, 0.1) is 5.41 Å². The first-order valence-electron chi connectivity index (χ1n) is 5.87. The Morgan fingerprint density at radius 2 is 1.77 bits per heavy atom. The summed E-state index contributed by atoms with van der Waals surface area (Å²) in [5.41, 5.74) is 0.387. The summed E-state index contributed by atoms with van der Waals surface area (Å²) < 4.78 is 0. The van der Waals surface area contributed by atoms with Crippen molar-refractivity contribution in [2.24, 2.45) is 5.41 Å². The highest BCUT2D eigenvalue weighted by Gasteiger charge is 2.43. The van der Waals surface area contributed by atoms with E-state index < -0.39 is 0 Å². The highest BCUT2D eigenvalue weighted by atomic mass is 14.4. The van der Waals surface area contributed by atoms with Gasteiger partial charge in [-0.25, -0.2) is 0 Å². The minimum atomic E-state index is 0.151. The van der Waals surface area contributed by atoms with Gasteiger partial charge >= 0.3 is 0 Å². The Labute approximate surface area is 84.9 Å². The van der Waals surface area contributed by atoms with Crippen LogP contribution in [-0.2, 0) is 0 Å². The van der Waals surface area contributed by atoms with E-state index >= 15 is 0 Å². The molecule has 0 heterocycles. The van der Waals surface area contributed by atoms with E-state index in [9.17, 15) is 0 Å². The van der Waals surface area contributed by atoms with Crippen LogP contribution in [0.25, 0.3) is 0 Å². The smallest absolute Gasteiger partial charge is 0.0654 e. The molecule has 13 heavy (non-hydrogen) atoms. The monoisotopic (exact) mass is 178 g/mol. The predicted octanol–water partition coefficient (Wildman–Crippen LogP) is 4.10. The zero-order valence-corrected chi connectivity index (χ0v) is 9.53. The van der Waals surface area contributed by atoms with Crippen LogP contribution >= 0.6 is 0 Å². The van der Waals surface area contributed by atoms with Crippen molar-refractivity contribution < 1.29 is 0 Å². The molecule has 1 saturated carbocycles. The van der Waals surface area contributed by atoms with Gasteiger partial charge in [0, 0.05) is 0 Å². The van der Waals surface area contributed by atoms with Gasteiger partial charge in [0.2, 0.25) is 0 Å². The van der Waals surface area contributed by atoms with Crippen molar-refractivity contribution in [3.63, 3.8) is 0 Å². The van der Waals surface area contributed by atoms with Crippen molar-refractivity contribution in [1.82, 2.24) is 0 Å². The van der Waals surface area contributed by atoms with Gasteiger partial charge in [-0.2, -0.15) is 0 Å². The lowest BCUT2D eigenvalue weighted by molar-refractivity contribution is 0.179. The summed E-state index contributed by atoms with van der Waals surface area (Å²) in [6.45, 7) is 6.95. The van der Waals surface area contributed by atoms with E-state index in [4.69, 9.17) is 7.85 Å². The molecule has 0 aromatic heterocycles. The molecule has 1 unspecified atom stereocenters. The van der Waals surface area contributed by atoms with Crippen LogP contribution in [0.5, 0.6) is 0 Å². The fourth-order valence-electron chi connectivity index (χ4n) is 2.94. The highest BCUT2D eigenvalue weighted by Crippen LogP contribution is 2.58. The summed E-state index contributed by atoms with van der Waals surface area (Å²) in [7, 11) is 6.53. The van der Waals surface area contributed by atoms with E-state index in [0.717, 1.165) is 0 Å². The van der Waals surface area contributed by atoms with Gasteiger partial charge in [0.25, 0.3) is 0 Å². The fourth-order valence-corrected chi connectivity index (χ4v) is 2.94. The van der Waals surface area contributed by atoms with Crippen LogP contribution in [-0.4, -0.2) is 7.85 Å². The highest BCUT2D eigenvalue weighted by molar-refractivity contribution is 6.16. The van der Waals surface area contributed by atoms with Gasteiger partial charge < -0.3 is 0 Å². The Hall–Kier alpha value is 0.0649. The second kappa shape index (κ2) is 4.06. The maximum absolute atomic E-state index is 6.53. The molecule has 0 aromatic carbocycles. The molecule has 74 valence electrons. The number of rotatable bonds is 4. The molecule has 1 rings (SSSR count). The Morgan fingerprint density at radius 3 is 2.15 bits per heavy atom. The Kier molecular flexibility index (Phi) is 3.48. The van der Waals surface area contributed by atoms with E-state index in [-0.39, 0.29) is 5.31 Å². The molecule has 0 N–H and O–H groups in total. The van der Waals surface area contributed by atoms with E-state index in [0.29, 0.717) is 5.41 Å². The summed E-state index contributed by atoms with van der Waals surface area (Å²) in [6, 6.07) is 0. The lowest BCUT2D eigenvalue weighted by atomic mass is 9.50. The Morgan fingerprint density at radius 1 is 1.23 bits per heavy atom. The summed E-state index contributed by atoms with van der Waals surface area (Å²) in [6.07, 6.45) is 8.97. The van der Waals surface area contributed by atoms with Crippen molar-refractivity contribution in [1.29, 1.82) is 0 Å². The Bertz CT molecular complexity index is 159. The van der Waals surface area contributed by atoms with Crippen LogP contribution in [0.3, 0.4) is 0 Å². The zero-order valence-electron chi connectivity index (χ0n) is 9.53. The van der Waals surface area contributed by atoms with Crippen molar-refractivity contribution in [2.75, 3.05) is 0 Å². The maximum Gasteiger partial charge on any atom is 0.0753 e. The first-order valence-corrected chi connectivity index (χ1v) is 5.87. The van der Waals surface area contributed by atoms with Crippen LogP contribution in [0.1, 0.15) is 65.7 Å². The third kappa shape index (κ3) is 1.95. The zero-order chi connectivity index (χ0) is 9.95. The molecule has 1 heteroatoms. The van der Waals surface area contributed by atoms with Crippen LogP contribution in [0.2, 0.25) is 5.31 Å². The first kappa shape index (κ1) is 11.1. The summed E-state index contributed by atoms with van der Waals surface area (Å²) >= 11 is 0. The summed E-state index contributed by atoms with van der Waals surface area (Å²) in [5, 5.41) is 0.151. The lowest BCUT2D eigenvalue weighted by Gasteiger charge is -2.45. The predicted molar refractivity (Wildman–Crippen MR) is 60.2 cm³/mol. The third-order valence-corrected chi connectivity index (χ3v) is 4.28. The molecule has 0 nitrogen and oxygen atoms in total. The maximum atomic E-state index is 6.53. The molecule has 1 aliphatic carbocycles. The van der Waals surface area contributed by atoms with Crippen molar-refractivity contribution in [3.8, 4) is 0 Å². The van der Waals surface area contributed by atoms with Crippen LogP contribution in [0.4, 0.5) is 0 Å². The van der Waals surface area contributed by atoms with E-state index in [1.807, 2.05) is 0 Å². The lowest BCUT2D eigenvalue weighted by Crippen LogP contribution is -2.31. The average molecular weight is 178 g/mol.